The Hall–Kier alpha value is -1.68. The fourth-order valence-corrected chi connectivity index (χ4v) is 3.04. The number of rotatable bonds is 7. The predicted octanol–water partition coefficient (Wildman–Crippen LogP) is 4.13. The molecule has 2 aromatic rings. The van der Waals surface area contributed by atoms with Crippen molar-refractivity contribution in [3.05, 3.63) is 62.3 Å². The summed E-state index contributed by atoms with van der Waals surface area (Å²) in [5, 5.41) is 19.6. The van der Waals surface area contributed by atoms with E-state index in [9.17, 15) is 10.1 Å². The zero-order valence-electron chi connectivity index (χ0n) is 14.3. The maximum Gasteiger partial charge on any atom is 0.274 e. The van der Waals surface area contributed by atoms with Gasteiger partial charge < -0.3 is 10.6 Å². The molecule has 136 valence electrons. The Kier molecular flexibility index (Phi) is 9.43. The molecule has 25 heavy (non-hydrogen) atoms. The van der Waals surface area contributed by atoms with Gasteiger partial charge in [0.05, 0.1) is 17.0 Å². The molecule has 1 unspecified atom stereocenters. The van der Waals surface area contributed by atoms with Crippen LogP contribution in [-0.2, 0) is 6.54 Å². The van der Waals surface area contributed by atoms with Gasteiger partial charge in [0.15, 0.2) is 5.96 Å². The molecule has 2 rings (SSSR count). The minimum Gasteiger partial charge on any atom is -0.357 e. The third-order valence-electron chi connectivity index (χ3n) is 3.54. The van der Waals surface area contributed by atoms with Gasteiger partial charge in [-0.1, -0.05) is 31.2 Å². The maximum absolute atomic E-state index is 11.1. The molecule has 1 atom stereocenters. The zero-order chi connectivity index (χ0) is 17.4. The van der Waals surface area contributed by atoms with E-state index in [0.717, 1.165) is 13.1 Å². The number of para-hydroxylation sites is 1. The van der Waals surface area contributed by atoms with Crippen molar-refractivity contribution in [1.82, 2.24) is 10.6 Å². The Morgan fingerprint density at radius 3 is 2.68 bits per heavy atom. The highest BCUT2D eigenvalue weighted by Gasteiger charge is 2.12. The molecule has 1 heterocycles. The Balaban J connectivity index is 0.00000312. The summed E-state index contributed by atoms with van der Waals surface area (Å²) in [5.41, 5.74) is 0.704. The fraction of sp³-hybridized carbons (Fsp3) is 0.353. The number of halogens is 1. The molecule has 0 saturated carbocycles. The smallest absolute Gasteiger partial charge is 0.274 e. The summed E-state index contributed by atoms with van der Waals surface area (Å²) in [6, 6.07) is 10.9. The second-order valence-electron chi connectivity index (χ2n) is 5.38. The summed E-state index contributed by atoms with van der Waals surface area (Å²) >= 11 is 1.74. The zero-order valence-corrected chi connectivity index (χ0v) is 17.4. The highest BCUT2D eigenvalue weighted by Crippen LogP contribution is 2.20. The van der Waals surface area contributed by atoms with Gasteiger partial charge in [-0.25, -0.2) is 4.99 Å². The monoisotopic (exact) mass is 474 g/mol. The van der Waals surface area contributed by atoms with E-state index in [2.05, 4.69) is 34.0 Å². The topological polar surface area (TPSA) is 79.6 Å². The minimum atomic E-state index is -0.371. The number of hydrogen-bond donors (Lipinski definition) is 2. The van der Waals surface area contributed by atoms with Crippen molar-refractivity contribution in [2.24, 2.45) is 4.99 Å². The van der Waals surface area contributed by atoms with E-state index in [1.807, 2.05) is 13.0 Å². The number of guanidine groups is 1. The highest BCUT2D eigenvalue weighted by atomic mass is 127. The molecule has 0 bridgehead atoms. The summed E-state index contributed by atoms with van der Waals surface area (Å²) in [6.07, 6.45) is 0. The van der Waals surface area contributed by atoms with Crippen molar-refractivity contribution < 1.29 is 4.92 Å². The lowest BCUT2D eigenvalue weighted by atomic mass is 10.1. The lowest BCUT2D eigenvalue weighted by molar-refractivity contribution is -0.385. The SMILES string of the molecule is CCNC(=NCc1ccccc1[N+](=O)[O-])NCC(C)c1cccs1.I. The van der Waals surface area contributed by atoms with Gasteiger partial charge in [0.25, 0.3) is 5.69 Å². The number of hydrogen-bond acceptors (Lipinski definition) is 4. The molecule has 0 spiro atoms. The second kappa shape index (κ2) is 11.0. The van der Waals surface area contributed by atoms with E-state index in [1.165, 1.54) is 10.9 Å². The van der Waals surface area contributed by atoms with Crippen LogP contribution in [0.4, 0.5) is 5.69 Å². The first-order chi connectivity index (χ1) is 11.6. The molecule has 8 heteroatoms. The number of nitrogens with one attached hydrogen (secondary N) is 2. The molecule has 0 amide bonds. The van der Waals surface area contributed by atoms with Crippen molar-refractivity contribution in [2.75, 3.05) is 13.1 Å². The molecule has 6 nitrogen and oxygen atoms in total. The van der Waals surface area contributed by atoms with Crippen LogP contribution in [0.15, 0.2) is 46.8 Å². The van der Waals surface area contributed by atoms with Crippen LogP contribution >= 0.6 is 35.3 Å². The second-order valence-corrected chi connectivity index (χ2v) is 6.36. The number of benzene rings is 1. The third-order valence-corrected chi connectivity index (χ3v) is 4.65. The number of thiophene rings is 1. The van der Waals surface area contributed by atoms with Crippen LogP contribution < -0.4 is 10.6 Å². The normalized spacial score (nSPS) is 12.2. The first kappa shape index (κ1) is 21.4. The van der Waals surface area contributed by atoms with Gasteiger partial charge >= 0.3 is 0 Å². The van der Waals surface area contributed by atoms with Crippen LogP contribution in [0.2, 0.25) is 0 Å². The third kappa shape index (κ3) is 6.62. The van der Waals surface area contributed by atoms with E-state index >= 15 is 0 Å². The molecule has 0 radical (unpaired) electrons. The average Bonchev–Trinajstić information content (AvgIpc) is 3.12. The molecule has 0 aliphatic carbocycles. The summed E-state index contributed by atoms with van der Waals surface area (Å²) in [4.78, 5) is 16.5. The maximum atomic E-state index is 11.1. The van der Waals surface area contributed by atoms with Crippen molar-refractivity contribution in [2.45, 2.75) is 26.3 Å². The number of aliphatic imine (C=N–C) groups is 1. The Morgan fingerprint density at radius 1 is 1.28 bits per heavy atom. The van der Waals surface area contributed by atoms with Gasteiger partial charge in [-0.3, -0.25) is 10.1 Å². The first-order valence-electron chi connectivity index (χ1n) is 7.89. The lowest BCUT2D eigenvalue weighted by Gasteiger charge is -2.15. The highest BCUT2D eigenvalue weighted by molar-refractivity contribution is 14.0. The largest absolute Gasteiger partial charge is 0.357 e. The summed E-state index contributed by atoms with van der Waals surface area (Å²) < 4.78 is 0. The van der Waals surface area contributed by atoms with Crippen LogP contribution in [0.1, 0.15) is 30.2 Å². The van der Waals surface area contributed by atoms with E-state index in [4.69, 9.17) is 0 Å². The molecular weight excluding hydrogens is 451 g/mol. The summed E-state index contributed by atoms with van der Waals surface area (Å²) in [6.45, 7) is 5.90. The summed E-state index contributed by atoms with van der Waals surface area (Å²) in [5.74, 6) is 1.04. The molecule has 0 aliphatic rings. The lowest BCUT2D eigenvalue weighted by Crippen LogP contribution is -2.39. The molecule has 1 aromatic heterocycles. The van der Waals surface area contributed by atoms with Crippen LogP contribution in [0.5, 0.6) is 0 Å². The van der Waals surface area contributed by atoms with Crippen LogP contribution in [-0.4, -0.2) is 24.0 Å². The van der Waals surface area contributed by atoms with Gasteiger partial charge in [-0.05, 0) is 18.4 Å². The van der Waals surface area contributed by atoms with Crippen molar-refractivity contribution in [3.63, 3.8) is 0 Å². The van der Waals surface area contributed by atoms with Crippen LogP contribution in [0.25, 0.3) is 0 Å². The van der Waals surface area contributed by atoms with E-state index in [-0.39, 0.29) is 41.1 Å². The molecule has 0 aliphatic heterocycles. The molecule has 1 aromatic carbocycles. The molecule has 2 N–H and O–H groups in total. The molecular formula is C17H23IN4O2S. The minimum absolute atomic E-state index is 0. The number of nitro benzene ring substituents is 1. The van der Waals surface area contributed by atoms with Gasteiger partial charge in [0.1, 0.15) is 0 Å². The Bertz CT molecular complexity index is 692. The van der Waals surface area contributed by atoms with Gasteiger partial charge in [-0.2, -0.15) is 0 Å². The summed E-state index contributed by atoms with van der Waals surface area (Å²) in [7, 11) is 0. The van der Waals surface area contributed by atoms with Gasteiger partial charge in [0, 0.05) is 30.0 Å². The number of nitro groups is 1. The van der Waals surface area contributed by atoms with Gasteiger partial charge in [-0.15, -0.1) is 35.3 Å². The van der Waals surface area contributed by atoms with Crippen molar-refractivity contribution in [1.29, 1.82) is 0 Å². The predicted molar refractivity (Wildman–Crippen MR) is 114 cm³/mol. The average molecular weight is 474 g/mol. The fourth-order valence-electron chi connectivity index (χ4n) is 2.25. The van der Waals surface area contributed by atoms with Crippen LogP contribution in [0, 0.1) is 10.1 Å². The van der Waals surface area contributed by atoms with E-state index in [0.29, 0.717) is 17.4 Å². The van der Waals surface area contributed by atoms with E-state index < -0.39 is 0 Å². The number of nitrogens with zero attached hydrogens (tertiary/aromatic N) is 2. The van der Waals surface area contributed by atoms with E-state index in [1.54, 1.807) is 29.5 Å². The Morgan fingerprint density at radius 2 is 2.04 bits per heavy atom. The van der Waals surface area contributed by atoms with Crippen LogP contribution in [0.3, 0.4) is 0 Å². The van der Waals surface area contributed by atoms with Crippen molar-refractivity contribution in [3.8, 4) is 0 Å². The first-order valence-corrected chi connectivity index (χ1v) is 8.77. The standard InChI is InChI=1S/C17H22N4O2S.HI/c1-3-18-17(19-11-13(2)16-9-6-10-24-16)20-12-14-7-4-5-8-15(14)21(22)23;/h4-10,13H,3,11-12H2,1-2H3,(H2,18,19,20);1H. The van der Waals surface area contributed by atoms with Crippen molar-refractivity contribution >= 4 is 47.0 Å². The molecule has 0 fully saturated rings. The Labute approximate surface area is 168 Å². The quantitative estimate of drug-likeness (QED) is 0.208. The van der Waals surface area contributed by atoms with Gasteiger partial charge in [0.2, 0.25) is 0 Å². The molecule has 0 saturated heterocycles.